The van der Waals surface area contributed by atoms with Gasteiger partial charge in [0.1, 0.15) is 11.5 Å². The number of rotatable bonds is 3. The van der Waals surface area contributed by atoms with E-state index in [1.54, 1.807) is 6.07 Å². The van der Waals surface area contributed by atoms with Crippen LogP contribution in [0.4, 0.5) is 17.2 Å². The SMILES string of the molecule is Nc1ccc(-c2nc3c(c(N4C[C@H]5CC[C@@H](C4)O5)n2)CCCO3)cc1[N+](=O)[O-]. The Labute approximate surface area is 161 Å². The highest BCUT2D eigenvalue weighted by molar-refractivity contribution is 5.70. The predicted octanol–water partition coefficient (Wildman–Crippen LogP) is 2.33. The lowest BCUT2D eigenvalue weighted by Gasteiger charge is -2.35. The Hall–Kier alpha value is -2.94. The molecule has 2 N–H and O–H groups in total. The van der Waals surface area contributed by atoms with Gasteiger partial charge >= 0.3 is 0 Å². The van der Waals surface area contributed by atoms with Gasteiger partial charge in [0.2, 0.25) is 5.88 Å². The number of ether oxygens (including phenoxy) is 2. The summed E-state index contributed by atoms with van der Waals surface area (Å²) in [6, 6.07) is 4.65. The standard InChI is InChI=1S/C19H21N5O4/c20-15-6-3-11(8-16(15)24(25)26)17-21-18(14-2-1-7-27-19(14)22-17)23-9-12-4-5-13(10-23)28-12/h3,6,8,12-13H,1-2,4-5,7,9-10,20H2/t12-,13+. The third-order valence-corrected chi connectivity index (χ3v) is 5.59. The summed E-state index contributed by atoms with van der Waals surface area (Å²) in [5.74, 6) is 1.85. The third-order valence-electron chi connectivity index (χ3n) is 5.59. The highest BCUT2D eigenvalue weighted by atomic mass is 16.6. The number of hydrogen-bond donors (Lipinski definition) is 1. The van der Waals surface area contributed by atoms with Crippen molar-refractivity contribution < 1.29 is 14.4 Å². The van der Waals surface area contributed by atoms with Crippen molar-refractivity contribution in [3.05, 3.63) is 33.9 Å². The fourth-order valence-corrected chi connectivity index (χ4v) is 4.23. The molecule has 28 heavy (non-hydrogen) atoms. The fraction of sp³-hybridized carbons (Fsp3) is 0.474. The number of benzene rings is 1. The molecule has 2 bridgehead atoms. The quantitative estimate of drug-likeness (QED) is 0.488. The Morgan fingerprint density at radius 1 is 1.21 bits per heavy atom. The Morgan fingerprint density at radius 2 is 2.00 bits per heavy atom. The summed E-state index contributed by atoms with van der Waals surface area (Å²) >= 11 is 0. The van der Waals surface area contributed by atoms with Crippen LogP contribution in [-0.2, 0) is 11.2 Å². The Morgan fingerprint density at radius 3 is 2.75 bits per heavy atom. The number of hydrogen-bond acceptors (Lipinski definition) is 8. The molecule has 4 heterocycles. The molecule has 0 aliphatic carbocycles. The number of anilines is 2. The summed E-state index contributed by atoms with van der Waals surface area (Å²) in [7, 11) is 0. The predicted molar refractivity (Wildman–Crippen MR) is 102 cm³/mol. The van der Waals surface area contributed by atoms with E-state index in [4.69, 9.17) is 20.2 Å². The second-order valence-corrected chi connectivity index (χ2v) is 7.50. The zero-order valence-electron chi connectivity index (χ0n) is 15.3. The number of nitro benzene ring substituents is 1. The molecule has 1 aromatic carbocycles. The fourth-order valence-electron chi connectivity index (χ4n) is 4.23. The molecule has 0 unspecified atom stereocenters. The summed E-state index contributed by atoms with van der Waals surface area (Å²) in [4.78, 5) is 22.4. The summed E-state index contributed by atoms with van der Waals surface area (Å²) in [5.41, 5.74) is 7.27. The number of aromatic nitrogens is 2. The molecular weight excluding hydrogens is 362 g/mol. The maximum absolute atomic E-state index is 11.3. The van der Waals surface area contributed by atoms with Gasteiger partial charge < -0.3 is 20.1 Å². The number of nitrogen functional groups attached to an aromatic ring is 1. The van der Waals surface area contributed by atoms with E-state index in [0.717, 1.165) is 50.2 Å². The Balaban J connectivity index is 1.60. The summed E-state index contributed by atoms with van der Waals surface area (Å²) in [5, 5.41) is 11.3. The first-order chi connectivity index (χ1) is 13.6. The van der Waals surface area contributed by atoms with Gasteiger partial charge in [0.05, 0.1) is 29.3 Å². The molecule has 3 aliphatic rings. The van der Waals surface area contributed by atoms with Crippen LogP contribution in [0.25, 0.3) is 11.4 Å². The van der Waals surface area contributed by atoms with Crippen LogP contribution < -0.4 is 15.4 Å². The first-order valence-corrected chi connectivity index (χ1v) is 9.57. The zero-order valence-corrected chi connectivity index (χ0v) is 15.3. The monoisotopic (exact) mass is 383 g/mol. The molecule has 9 heteroatoms. The van der Waals surface area contributed by atoms with Crippen molar-refractivity contribution in [3.8, 4) is 17.3 Å². The molecule has 3 aliphatic heterocycles. The summed E-state index contributed by atoms with van der Waals surface area (Å²) in [6.07, 6.45) is 4.39. The van der Waals surface area contributed by atoms with Crippen LogP contribution in [-0.4, -0.2) is 46.8 Å². The first kappa shape index (κ1) is 17.2. The highest BCUT2D eigenvalue weighted by Gasteiger charge is 2.36. The molecule has 0 spiro atoms. The minimum atomic E-state index is -0.492. The van der Waals surface area contributed by atoms with Crippen LogP contribution in [0, 0.1) is 10.1 Å². The molecule has 0 radical (unpaired) electrons. The number of fused-ring (bicyclic) bond motifs is 3. The van der Waals surface area contributed by atoms with E-state index in [2.05, 4.69) is 9.88 Å². The van der Waals surface area contributed by atoms with Gasteiger partial charge in [-0.25, -0.2) is 4.98 Å². The van der Waals surface area contributed by atoms with E-state index in [9.17, 15) is 10.1 Å². The average Bonchev–Trinajstić information content (AvgIpc) is 3.05. The lowest BCUT2D eigenvalue weighted by atomic mass is 10.1. The van der Waals surface area contributed by atoms with E-state index in [-0.39, 0.29) is 23.6 Å². The van der Waals surface area contributed by atoms with E-state index in [0.29, 0.717) is 23.9 Å². The number of nitro groups is 1. The average molecular weight is 383 g/mol. The van der Waals surface area contributed by atoms with Gasteiger partial charge in [-0.2, -0.15) is 4.98 Å². The van der Waals surface area contributed by atoms with Gasteiger partial charge in [-0.3, -0.25) is 10.1 Å². The Kier molecular flexibility index (Phi) is 4.04. The van der Waals surface area contributed by atoms with Gasteiger partial charge in [0, 0.05) is 24.7 Å². The molecule has 146 valence electrons. The van der Waals surface area contributed by atoms with E-state index >= 15 is 0 Å². The van der Waals surface area contributed by atoms with E-state index < -0.39 is 4.92 Å². The third kappa shape index (κ3) is 2.91. The van der Waals surface area contributed by atoms with Crippen LogP contribution in [0.5, 0.6) is 5.88 Å². The minimum absolute atomic E-state index is 0.118. The lowest BCUT2D eigenvalue weighted by Crippen LogP contribution is -2.43. The van der Waals surface area contributed by atoms with E-state index in [1.165, 1.54) is 12.1 Å². The highest BCUT2D eigenvalue weighted by Crippen LogP contribution is 2.37. The molecular formula is C19H21N5O4. The van der Waals surface area contributed by atoms with Crippen molar-refractivity contribution in [2.75, 3.05) is 30.3 Å². The molecule has 2 saturated heterocycles. The van der Waals surface area contributed by atoms with E-state index in [1.807, 2.05) is 0 Å². The van der Waals surface area contributed by atoms with Gasteiger partial charge in [0.25, 0.3) is 5.69 Å². The van der Waals surface area contributed by atoms with Crippen LogP contribution >= 0.6 is 0 Å². The van der Waals surface area contributed by atoms with Crippen LogP contribution in [0.1, 0.15) is 24.8 Å². The molecule has 2 aromatic rings. The molecule has 9 nitrogen and oxygen atoms in total. The number of nitrogens with two attached hydrogens (primary N) is 1. The summed E-state index contributed by atoms with van der Waals surface area (Å²) < 4.78 is 11.8. The van der Waals surface area contributed by atoms with Gasteiger partial charge in [-0.15, -0.1) is 0 Å². The zero-order chi connectivity index (χ0) is 19.3. The van der Waals surface area contributed by atoms with Gasteiger partial charge in [-0.1, -0.05) is 0 Å². The normalized spacial score (nSPS) is 23.2. The number of nitrogens with zero attached hydrogens (tertiary/aromatic N) is 4. The van der Waals surface area contributed by atoms with Crippen molar-refractivity contribution in [1.29, 1.82) is 0 Å². The van der Waals surface area contributed by atoms with Gasteiger partial charge in [0.15, 0.2) is 5.82 Å². The van der Waals surface area contributed by atoms with Crippen molar-refractivity contribution in [3.63, 3.8) is 0 Å². The van der Waals surface area contributed by atoms with Crippen LogP contribution in [0.2, 0.25) is 0 Å². The lowest BCUT2D eigenvalue weighted by molar-refractivity contribution is -0.383. The second-order valence-electron chi connectivity index (χ2n) is 7.50. The molecule has 0 amide bonds. The topological polar surface area (TPSA) is 117 Å². The van der Waals surface area contributed by atoms with Gasteiger partial charge in [-0.05, 0) is 37.8 Å². The summed E-state index contributed by atoms with van der Waals surface area (Å²) in [6.45, 7) is 2.20. The number of morpholine rings is 1. The molecule has 0 saturated carbocycles. The minimum Gasteiger partial charge on any atom is -0.477 e. The van der Waals surface area contributed by atoms with Crippen molar-refractivity contribution in [2.45, 2.75) is 37.9 Å². The van der Waals surface area contributed by atoms with Crippen molar-refractivity contribution in [2.24, 2.45) is 0 Å². The van der Waals surface area contributed by atoms with Crippen LogP contribution in [0.15, 0.2) is 18.2 Å². The van der Waals surface area contributed by atoms with Crippen molar-refractivity contribution in [1.82, 2.24) is 9.97 Å². The van der Waals surface area contributed by atoms with Crippen molar-refractivity contribution >= 4 is 17.2 Å². The maximum atomic E-state index is 11.3. The molecule has 1 aromatic heterocycles. The maximum Gasteiger partial charge on any atom is 0.292 e. The second kappa shape index (κ2) is 6.59. The molecule has 5 rings (SSSR count). The molecule has 2 fully saturated rings. The first-order valence-electron chi connectivity index (χ1n) is 9.57. The largest absolute Gasteiger partial charge is 0.477 e. The molecule has 2 atom stereocenters. The Bertz CT molecular complexity index is 938. The van der Waals surface area contributed by atoms with Crippen LogP contribution in [0.3, 0.4) is 0 Å². The smallest absolute Gasteiger partial charge is 0.292 e.